The number of esters is 1. The summed E-state index contributed by atoms with van der Waals surface area (Å²) in [7, 11) is 0. The van der Waals surface area contributed by atoms with Crippen molar-refractivity contribution in [2.45, 2.75) is 33.1 Å². The van der Waals surface area contributed by atoms with Gasteiger partial charge in [0.25, 0.3) is 0 Å². The lowest BCUT2D eigenvalue weighted by molar-refractivity contribution is -0.145. The van der Waals surface area contributed by atoms with E-state index in [4.69, 9.17) is 4.74 Å². The molecule has 102 valence electrons. The van der Waals surface area contributed by atoms with Gasteiger partial charge >= 0.3 is 5.97 Å². The summed E-state index contributed by atoms with van der Waals surface area (Å²) in [6, 6.07) is 5.70. The number of aromatic nitrogens is 1. The number of carbonyl (C=O) groups excluding carboxylic acids is 1. The maximum Gasteiger partial charge on any atom is 0.314 e. The molecule has 1 aliphatic rings. The van der Waals surface area contributed by atoms with Crippen molar-refractivity contribution >= 4 is 17.5 Å². The fourth-order valence-electron chi connectivity index (χ4n) is 2.19. The molecule has 1 aromatic rings. The lowest BCUT2D eigenvalue weighted by atomic mass is 10.1. The molecular formula is C14H19N3O2. The highest BCUT2D eigenvalue weighted by Gasteiger charge is 2.30. The molecule has 0 bridgehead atoms. The van der Waals surface area contributed by atoms with E-state index < -0.39 is 0 Å². The van der Waals surface area contributed by atoms with E-state index in [2.05, 4.69) is 15.5 Å². The molecule has 1 unspecified atom stereocenters. The van der Waals surface area contributed by atoms with Gasteiger partial charge in [-0.3, -0.25) is 10.2 Å². The summed E-state index contributed by atoms with van der Waals surface area (Å²) in [5, 5.41) is 4.32. The Bertz CT molecular complexity index is 485. The number of nitrogens with zero attached hydrogens (tertiary/aromatic N) is 2. The Hall–Kier alpha value is -1.91. The molecular weight excluding hydrogens is 242 g/mol. The van der Waals surface area contributed by atoms with E-state index in [-0.39, 0.29) is 11.9 Å². The first-order chi connectivity index (χ1) is 9.20. The van der Waals surface area contributed by atoms with Crippen LogP contribution in [0.3, 0.4) is 0 Å². The molecule has 19 heavy (non-hydrogen) atoms. The molecule has 0 spiro atoms. The summed E-state index contributed by atoms with van der Waals surface area (Å²) in [5.74, 6) is 0.331. The van der Waals surface area contributed by atoms with Gasteiger partial charge in [0.15, 0.2) is 0 Å². The van der Waals surface area contributed by atoms with Crippen LogP contribution in [-0.4, -0.2) is 23.3 Å². The van der Waals surface area contributed by atoms with Crippen LogP contribution in [0.5, 0.6) is 0 Å². The van der Waals surface area contributed by atoms with Crippen LogP contribution in [0, 0.1) is 12.8 Å². The predicted molar refractivity (Wildman–Crippen MR) is 74.0 cm³/mol. The van der Waals surface area contributed by atoms with Gasteiger partial charge in [-0.2, -0.15) is 5.10 Å². The third-order valence-corrected chi connectivity index (χ3v) is 3.10. The standard InChI is InChI=1S/C14H19N3O2/c1-3-19-14(18)11-7-5-8-12(11)16-17-13-9-4-6-10(2)15-13/h4,6,9,11H,3,5,7-8H2,1-2H3,(H,15,17). The van der Waals surface area contributed by atoms with Crippen LogP contribution in [0.15, 0.2) is 23.3 Å². The van der Waals surface area contributed by atoms with Crippen LogP contribution in [0.4, 0.5) is 5.82 Å². The first-order valence-corrected chi connectivity index (χ1v) is 6.63. The topological polar surface area (TPSA) is 63.6 Å². The van der Waals surface area contributed by atoms with E-state index in [1.807, 2.05) is 32.0 Å². The number of pyridine rings is 1. The van der Waals surface area contributed by atoms with Gasteiger partial charge in [0, 0.05) is 5.69 Å². The Kier molecular flexibility index (Phi) is 4.49. The number of hydrogen-bond donors (Lipinski definition) is 1. The highest BCUT2D eigenvalue weighted by atomic mass is 16.5. The summed E-state index contributed by atoms with van der Waals surface area (Å²) in [6.07, 6.45) is 2.63. The number of carbonyl (C=O) groups is 1. The van der Waals surface area contributed by atoms with Crippen LogP contribution < -0.4 is 5.43 Å². The third kappa shape index (κ3) is 3.53. The summed E-state index contributed by atoms with van der Waals surface area (Å²) in [5.41, 5.74) is 4.72. The van der Waals surface area contributed by atoms with Crippen LogP contribution in [0.25, 0.3) is 0 Å². The van der Waals surface area contributed by atoms with E-state index in [1.165, 1.54) is 0 Å². The zero-order valence-electron chi connectivity index (χ0n) is 11.3. The number of hydrogen-bond acceptors (Lipinski definition) is 5. The average molecular weight is 261 g/mol. The van der Waals surface area contributed by atoms with E-state index >= 15 is 0 Å². The lowest BCUT2D eigenvalue weighted by Crippen LogP contribution is -2.22. The Balaban J connectivity index is 2.03. The molecule has 0 radical (unpaired) electrons. The fraction of sp³-hybridized carbons (Fsp3) is 0.500. The molecule has 5 heteroatoms. The quantitative estimate of drug-likeness (QED) is 0.668. The molecule has 1 heterocycles. The van der Waals surface area contributed by atoms with Gasteiger partial charge in [-0.15, -0.1) is 0 Å². The number of nitrogens with one attached hydrogen (secondary N) is 1. The highest BCUT2D eigenvalue weighted by molar-refractivity contribution is 6.03. The third-order valence-electron chi connectivity index (χ3n) is 3.10. The molecule has 0 amide bonds. The van der Waals surface area contributed by atoms with Crippen molar-refractivity contribution in [1.29, 1.82) is 0 Å². The average Bonchev–Trinajstić information content (AvgIpc) is 2.85. The number of rotatable bonds is 4. The molecule has 0 aromatic carbocycles. The molecule has 1 aromatic heterocycles. The molecule has 1 atom stereocenters. The van der Waals surface area contributed by atoms with E-state index in [0.717, 1.165) is 30.7 Å². The summed E-state index contributed by atoms with van der Waals surface area (Å²) < 4.78 is 5.06. The van der Waals surface area contributed by atoms with Crippen molar-refractivity contribution < 1.29 is 9.53 Å². The van der Waals surface area contributed by atoms with Crippen molar-refractivity contribution in [2.75, 3.05) is 12.0 Å². The first kappa shape index (κ1) is 13.5. The van der Waals surface area contributed by atoms with Crippen LogP contribution in [-0.2, 0) is 9.53 Å². The van der Waals surface area contributed by atoms with Crippen LogP contribution >= 0.6 is 0 Å². The number of aryl methyl sites for hydroxylation is 1. The molecule has 1 fully saturated rings. The Morgan fingerprint density at radius 3 is 3.16 bits per heavy atom. The van der Waals surface area contributed by atoms with E-state index in [9.17, 15) is 4.79 Å². The summed E-state index contributed by atoms with van der Waals surface area (Å²) >= 11 is 0. The van der Waals surface area contributed by atoms with Crippen molar-refractivity contribution in [3.63, 3.8) is 0 Å². The van der Waals surface area contributed by atoms with Crippen molar-refractivity contribution in [2.24, 2.45) is 11.0 Å². The van der Waals surface area contributed by atoms with Crippen LogP contribution in [0.2, 0.25) is 0 Å². The highest BCUT2D eigenvalue weighted by Crippen LogP contribution is 2.24. The van der Waals surface area contributed by atoms with E-state index in [1.54, 1.807) is 0 Å². The molecule has 5 nitrogen and oxygen atoms in total. The minimum atomic E-state index is -0.197. The molecule has 2 rings (SSSR count). The predicted octanol–water partition coefficient (Wildman–Crippen LogP) is 2.52. The second-order valence-electron chi connectivity index (χ2n) is 4.58. The Labute approximate surface area is 113 Å². The van der Waals surface area contributed by atoms with Crippen LogP contribution in [0.1, 0.15) is 31.9 Å². The van der Waals surface area contributed by atoms with Gasteiger partial charge in [0.1, 0.15) is 5.82 Å². The fourth-order valence-corrected chi connectivity index (χ4v) is 2.19. The van der Waals surface area contributed by atoms with Crippen molar-refractivity contribution in [1.82, 2.24) is 4.98 Å². The number of hydrazone groups is 1. The molecule has 1 aliphatic carbocycles. The van der Waals surface area contributed by atoms with Gasteiger partial charge in [0.05, 0.1) is 18.2 Å². The molecule has 0 saturated heterocycles. The molecule has 1 saturated carbocycles. The lowest BCUT2D eigenvalue weighted by Gasteiger charge is -2.10. The second-order valence-corrected chi connectivity index (χ2v) is 4.58. The Morgan fingerprint density at radius 1 is 1.58 bits per heavy atom. The first-order valence-electron chi connectivity index (χ1n) is 6.63. The molecule has 1 N–H and O–H groups in total. The summed E-state index contributed by atoms with van der Waals surface area (Å²) in [4.78, 5) is 16.1. The number of ether oxygens (including phenoxy) is 1. The minimum Gasteiger partial charge on any atom is -0.465 e. The zero-order valence-corrected chi connectivity index (χ0v) is 11.3. The maximum absolute atomic E-state index is 11.8. The SMILES string of the molecule is CCOC(=O)C1CCCC1=NNc1cccc(C)n1. The number of anilines is 1. The van der Waals surface area contributed by atoms with Gasteiger partial charge in [-0.25, -0.2) is 4.98 Å². The van der Waals surface area contributed by atoms with E-state index in [0.29, 0.717) is 12.4 Å². The second kappa shape index (κ2) is 6.31. The summed E-state index contributed by atoms with van der Waals surface area (Å²) in [6.45, 7) is 4.16. The van der Waals surface area contributed by atoms with Crippen molar-refractivity contribution in [3.8, 4) is 0 Å². The van der Waals surface area contributed by atoms with Crippen molar-refractivity contribution in [3.05, 3.63) is 23.9 Å². The largest absolute Gasteiger partial charge is 0.465 e. The van der Waals surface area contributed by atoms with Gasteiger partial charge in [-0.1, -0.05) is 6.07 Å². The monoisotopic (exact) mass is 261 g/mol. The Morgan fingerprint density at radius 2 is 2.42 bits per heavy atom. The minimum absolute atomic E-state index is 0.169. The maximum atomic E-state index is 11.8. The molecule has 0 aliphatic heterocycles. The smallest absolute Gasteiger partial charge is 0.314 e. The van der Waals surface area contributed by atoms with Gasteiger partial charge in [0.2, 0.25) is 0 Å². The normalized spacial score (nSPS) is 20.5. The van der Waals surface area contributed by atoms with Gasteiger partial charge < -0.3 is 4.74 Å². The zero-order chi connectivity index (χ0) is 13.7. The van der Waals surface area contributed by atoms with Gasteiger partial charge in [-0.05, 0) is 45.2 Å².